The number of aromatic nitrogens is 1. The van der Waals surface area contributed by atoms with E-state index in [0.29, 0.717) is 0 Å². The van der Waals surface area contributed by atoms with E-state index in [0.717, 1.165) is 6.04 Å². The molecule has 1 atom stereocenters. The zero-order valence-corrected chi connectivity index (χ0v) is 9.21. The van der Waals surface area contributed by atoms with Gasteiger partial charge in [0.2, 0.25) is 0 Å². The molecule has 2 rings (SSSR count). The number of likely N-dealkylation sites (N-methyl/N-ethyl adjacent to an activating group) is 1. The van der Waals surface area contributed by atoms with Crippen LogP contribution in [0.4, 0.5) is 0 Å². The molecule has 1 aliphatic carbocycles. The first-order valence-corrected chi connectivity index (χ1v) is 5.73. The van der Waals surface area contributed by atoms with Crippen LogP contribution < -0.4 is 0 Å². The lowest BCUT2D eigenvalue weighted by atomic mass is 9.90. The zero-order chi connectivity index (χ0) is 9.97. The normalized spacial score (nSPS) is 21.2. The second kappa shape index (κ2) is 4.18. The summed E-state index contributed by atoms with van der Waals surface area (Å²) in [5.41, 5.74) is 3.07. The van der Waals surface area contributed by atoms with Crippen molar-refractivity contribution in [1.82, 2.24) is 9.88 Å². The maximum Gasteiger partial charge on any atom is 0.0139 e. The third kappa shape index (κ3) is 1.71. The molecule has 0 amide bonds. The van der Waals surface area contributed by atoms with Gasteiger partial charge in [-0.25, -0.2) is 0 Å². The quantitative estimate of drug-likeness (QED) is 0.778. The number of fused-ring (bicyclic) bond motifs is 1. The number of rotatable bonds is 3. The minimum absolute atomic E-state index is 0.772. The van der Waals surface area contributed by atoms with Gasteiger partial charge in [0.05, 0.1) is 0 Å². The Morgan fingerprint density at radius 2 is 2.00 bits per heavy atom. The van der Waals surface area contributed by atoms with Gasteiger partial charge in [-0.2, -0.15) is 0 Å². The van der Waals surface area contributed by atoms with Crippen molar-refractivity contribution in [2.75, 3.05) is 13.1 Å². The molecule has 2 nitrogen and oxygen atoms in total. The van der Waals surface area contributed by atoms with E-state index in [1.807, 2.05) is 0 Å². The van der Waals surface area contributed by atoms with E-state index in [-0.39, 0.29) is 0 Å². The van der Waals surface area contributed by atoms with Crippen LogP contribution >= 0.6 is 0 Å². The molecular weight excluding hydrogens is 172 g/mol. The molecule has 1 aromatic heterocycles. The second-order valence-corrected chi connectivity index (χ2v) is 4.12. The summed E-state index contributed by atoms with van der Waals surface area (Å²) in [6.45, 7) is 6.88. The summed E-state index contributed by atoms with van der Waals surface area (Å²) < 4.78 is 0. The molecule has 1 N–H and O–H groups in total. The Hall–Kier alpha value is -0.760. The molecule has 0 bridgehead atoms. The minimum Gasteiger partial charge on any atom is -0.367 e. The summed E-state index contributed by atoms with van der Waals surface area (Å²) >= 11 is 0. The van der Waals surface area contributed by atoms with Gasteiger partial charge in [-0.3, -0.25) is 0 Å². The van der Waals surface area contributed by atoms with E-state index in [1.54, 1.807) is 0 Å². The standard InChI is InChI=1S/C12H20N2/c1-3-14(4-2)12-6-5-10-8-13-9-11(10)7-12/h8-9,12-13H,3-7H2,1-2H3. The summed E-state index contributed by atoms with van der Waals surface area (Å²) in [7, 11) is 0. The van der Waals surface area contributed by atoms with E-state index in [1.165, 1.54) is 43.5 Å². The first-order valence-electron chi connectivity index (χ1n) is 5.73. The summed E-state index contributed by atoms with van der Waals surface area (Å²) in [5.74, 6) is 0. The second-order valence-electron chi connectivity index (χ2n) is 4.12. The van der Waals surface area contributed by atoms with Crippen molar-refractivity contribution in [2.45, 2.75) is 39.2 Å². The summed E-state index contributed by atoms with van der Waals surface area (Å²) in [6.07, 6.45) is 8.14. The van der Waals surface area contributed by atoms with E-state index < -0.39 is 0 Å². The molecule has 14 heavy (non-hydrogen) atoms. The van der Waals surface area contributed by atoms with Crippen molar-refractivity contribution in [3.63, 3.8) is 0 Å². The minimum atomic E-state index is 0.772. The predicted molar refractivity (Wildman–Crippen MR) is 59.5 cm³/mol. The maximum atomic E-state index is 3.22. The number of hydrogen-bond acceptors (Lipinski definition) is 1. The molecule has 2 heteroatoms. The Kier molecular flexibility index (Phi) is 2.92. The fourth-order valence-corrected chi connectivity index (χ4v) is 2.58. The molecule has 0 aromatic carbocycles. The predicted octanol–water partition coefficient (Wildman–Crippen LogP) is 2.21. The molecule has 78 valence electrons. The molecule has 0 saturated carbocycles. The molecule has 1 aliphatic rings. The van der Waals surface area contributed by atoms with Crippen LogP contribution in [-0.2, 0) is 12.8 Å². The number of aryl methyl sites for hydroxylation is 1. The fourth-order valence-electron chi connectivity index (χ4n) is 2.58. The van der Waals surface area contributed by atoms with Crippen LogP contribution in [0.5, 0.6) is 0 Å². The van der Waals surface area contributed by atoms with Crippen LogP contribution in [-0.4, -0.2) is 29.0 Å². The summed E-state index contributed by atoms with van der Waals surface area (Å²) in [6, 6.07) is 0.772. The van der Waals surface area contributed by atoms with Gasteiger partial charge in [0, 0.05) is 18.4 Å². The van der Waals surface area contributed by atoms with Gasteiger partial charge in [-0.1, -0.05) is 13.8 Å². The topological polar surface area (TPSA) is 19.0 Å². The Bertz CT molecular complexity index is 286. The third-order valence-corrected chi connectivity index (χ3v) is 3.46. The van der Waals surface area contributed by atoms with Crippen LogP contribution in [0, 0.1) is 0 Å². The average molecular weight is 192 g/mol. The van der Waals surface area contributed by atoms with Crippen molar-refractivity contribution in [3.8, 4) is 0 Å². The summed E-state index contributed by atoms with van der Waals surface area (Å²) in [5, 5.41) is 0. The molecule has 0 fully saturated rings. The first-order chi connectivity index (χ1) is 6.85. The zero-order valence-electron chi connectivity index (χ0n) is 9.21. The van der Waals surface area contributed by atoms with Crippen molar-refractivity contribution in [3.05, 3.63) is 23.5 Å². The van der Waals surface area contributed by atoms with Crippen molar-refractivity contribution >= 4 is 0 Å². The molecule has 1 unspecified atom stereocenters. The van der Waals surface area contributed by atoms with E-state index in [2.05, 4.69) is 36.1 Å². The highest BCUT2D eigenvalue weighted by molar-refractivity contribution is 5.27. The Morgan fingerprint density at radius 3 is 2.71 bits per heavy atom. The molecule has 1 aromatic rings. The van der Waals surface area contributed by atoms with Crippen molar-refractivity contribution in [1.29, 1.82) is 0 Å². The highest BCUT2D eigenvalue weighted by Gasteiger charge is 2.22. The molecular formula is C12H20N2. The van der Waals surface area contributed by atoms with Gasteiger partial charge in [-0.05, 0) is 43.5 Å². The number of nitrogens with one attached hydrogen (secondary N) is 1. The lowest BCUT2D eigenvalue weighted by molar-refractivity contribution is 0.199. The van der Waals surface area contributed by atoms with Gasteiger partial charge in [-0.15, -0.1) is 0 Å². The van der Waals surface area contributed by atoms with E-state index in [9.17, 15) is 0 Å². The molecule has 0 radical (unpaired) electrons. The Morgan fingerprint density at radius 1 is 1.29 bits per heavy atom. The number of H-pyrrole nitrogens is 1. The van der Waals surface area contributed by atoms with Crippen LogP contribution in [0.2, 0.25) is 0 Å². The lowest BCUT2D eigenvalue weighted by Gasteiger charge is -2.32. The first kappa shape index (κ1) is 9.78. The monoisotopic (exact) mass is 192 g/mol. The highest BCUT2D eigenvalue weighted by Crippen LogP contribution is 2.23. The molecule has 0 aliphatic heterocycles. The van der Waals surface area contributed by atoms with Gasteiger partial charge < -0.3 is 9.88 Å². The van der Waals surface area contributed by atoms with Gasteiger partial charge in [0.1, 0.15) is 0 Å². The molecule has 0 spiro atoms. The van der Waals surface area contributed by atoms with E-state index >= 15 is 0 Å². The Labute approximate surface area is 86.3 Å². The van der Waals surface area contributed by atoms with E-state index in [4.69, 9.17) is 0 Å². The molecule has 1 heterocycles. The van der Waals surface area contributed by atoms with Gasteiger partial charge in [0.25, 0.3) is 0 Å². The highest BCUT2D eigenvalue weighted by atomic mass is 15.1. The maximum absolute atomic E-state index is 3.22. The molecule has 0 saturated heterocycles. The fraction of sp³-hybridized carbons (Fsp3) is 0.667. The van der Waals surface area contributed by atoms with Crippen LogP contribution in [0.3, 0.4) is 0 Å². The number of hydrogen-bond donors (Lipinski definition) is 1. The van der Waals surface area contributed by atoms with Crippen molar-refractivity contribution in [2.24, 2.45) is 0 Å². The van der Waals surface area contributed by atoms with Crippen molar-refractivity contribution < 1.29 is 0 Å². The lowest BCUT2D eigenvalue weighted by Crippen LogP contribution is -2.38. The van der Waals surface area contributed by atoms with Crippen LogP contribution in [0.1, 0.15) is 31.4 Å². The number of nitrogens with zero attached hydrogens (tertiary/aromatic N) is 1. The van der Waals surface area contributed by atoms with Gasteiger partial charge in [0.15, 0.2) is 0 Å². The van der Waals surface area contributed by atoms with Crippen LogP contribution in [0.15, 0.2) is 12.4 Å². The third-order valence-electron chi connectivity index (χ3n) is 3.46. The average Bonchev–Trinajstić information content (AvgIpc) is 2.66. The largest absolute Gasteiger partial charge is 0.367 e. The summed E-state index contributed by atoms with van der Waals surface area (Å²) in [4.78, 5) is 5.80. The number of aromatic amines is 1. The Balaban J connectivity index is 2.06. The smallest absolute Gasteiger partial charge is 0.0139 e. The SMILES string of the molecule is CCN(CC)C1CCc2c[nH]cc2C1. The van der Waals surface area contributed by atoms with Gasteiger partial charge >= 0.3 is 0 Å². The van der Waals surface area contributed by atoms with Crippen LogP contribution in [0.25, 0.3) is 0 Å².